The first-order chi connectivity index (χ1) is 9.96. The number of furan rings is 1. The van der Waals surface area contributed by atoms with Crippen LogP contribution in [0, 0.1) is 5.92 Å². The van der Waals surface area contributed by atoms with Crippen LogP contribution in [0.2, 0.25) is 0 Å². The van der Waals surface area contributed by atoms with Crippen molar-refractivity contribution in [3.05, 3.63) is 23.7 Å². The standard InChI is InChI=1S/C14H21NO5S/c1-3-7-15-13(10-6-8-21(17,18)9-10)11-4-5-12(20-11)14(16)19-2/h4-5,10,13,15H,3,6-9H2,1-2H3. The molecule has 118 valence electrons. The molecule has 21 heavy (non-hydrogen) atoms. The lowest BCUT2D eigenvalue weighted by Crippen LogP contribution is -2.29. The maximum atomic E-state index is 11.7. The molecule has 2 unspecified atom stereocenters. The largest absolute Gasteiger partial charge is 0.463 e. The number of ether oxygens (including phenoxy) is 1. The highest BCUT2D eigenvalue weighted by Crippen LogP contribution is 2.32. The van der Waals surface area contributed by atoms with Crippen LogP contribution >= 0.6 is 0 Å². The molecule has 0 saturated carbocycles. The van der Waals surface area contributed by atoms with Gasteiger partial charge < -0.3 is 14.5 Å². The molecule has 2 atom stereocenters. The summed E-state index contributed by atoms with van der Waals surface area (Å²) in [4.78, 5) is 11.5. The summed E-state index contributed by atoms with van der Waals surface area (Å²) in [5.74, 6) is 0.533. The first kappa shape index (κ1) is 16.0. The molecule has 0 spiro atoms. The normalized spacial score (nSPS) is 22.1. The molecule has 1 N–H and O–H groups in total. The van der Waals surface area contributed by atoms with Crippen molar-refractivity contribution in [1.82, 2.24) is 5.32 Å². The second-order valence-electron chi connectivity index (χ2n) is 5.29. The van der Waals surface area contributed by atoms with E-state index in [1.54, 1.807) is 12.1 Å². The van der Waals surface area contributed by atoms with Crippen molar-refractivity contribution in [3.63, 3.8) is 0 Å². The van der Waals surface area contributed by atoms with Gasteiger partial charge in [0.2, 0.25) is 5.76 Å². The Hall–Kier alpha value is -1.34. The summed E-state index contributed by atoms with van der Waals surface area (Å²) in [7, 11) is -1.67. The molecule has 2 heterocycles. The molecule has 1 aromatic rings. The fourth-order valence-corrected chi connectivity index (χ4v) is 4.46. The summed E-state index contributed by atoms with van der Waals surface area (Å²) in [5, 5.41) is 3.33. The Morgan fingerprint density at radius 2 is 2.29 bits per heavy atom. The zero-order valence-corrected chi connectivity index (χ0v) is 13.1. The number of carbonyl (C=O) groups is 1. The van der Waals surface area contributed by atoms with Crippen molar-refractivity contribution in [2.75, 3.05) is 25.2 Å². The third-order valence-electron chi connectivity index (χ3n) is 3.67. The highest BCUT2D eigenvalue weighted by Gasteiger charge is 2.35. The van der Waals surface area contributed by atoms with Crippen molar-refractivity contribution in [2.24, 2.45) is 5.92 Å². The predicted molar refractivity (Wildman–Crippen MR) is 77.8 cm³/mol. The monoisotopic (exact) mass is 315 g/mol. The van der Waals surface area contributed by atoms with Gasteiger partial charge in [0.25, 0.3) is 0 Å². The molecule has 1 aliphatic heterocycles. The summed E-state index contributed by atoms with van der Waals surface area (Å²) in [5.41, 5.74) is 0. The lowest BCUT2D eigenvalue weighted by atomic mass is 9.97. The number of sulfone groups is 1. The fraction of sp³-hybridized carbons (Fsp3) is 0.643. The van der Waals surface area contributed by atoms with Crippen LogP contribution in [0.5, 0.6) is 0 Å². The Morgan fingerprint density at radius 3 is 2.86 bits per heavy atom. The minimum absolute atomic E-state index is 0.0294. The zero-order valence-electron chi connectivity index (χ0n) is 12.3. The second kappa shape index (κ2) is 6.62. The summed E-state index contributed by atoms with van der Waals surface area (Å²) >= 11 is 0. The number of nitrogens with one attached hydrogen (secondary N) is 1. The van der Waals surface area contributed by atoms with Crippen LogP contribution in [0.15, 0.2) is 16.5 Å². The number of methoxy groups -OCH3 is 1. The molecule has 0 amide bonds. The quantitative estimate of drug-likeness (QED) is 0.802. The minimum Gasteiger partial charge on any atom is -0.463 e. The summed E-state index contributed by atoms with van der Waals surface area (Å²) in [6, 6.07) is 3.08. The molecule has 0 radical (unpaired) electrons. The van der Waals surface area contributed by atoms with Crippen LogP contribution < -0.4 is 5.32 Å². The molecule has 0 bridgehead atoms. The van der Waals surface area contributed by atoms with Crippen LogP contribution in [0.25, 0.3) is 0 Å². The topological polar surface area (TPSA) is 85.6 Å². The minimum atomic E-state index is -2.96. The van der Waals surface area contributed by atoms with Gasteiger partial charge in [-0.1, -0.05) is 6.92 Å². The highest BCUT2D eigenvalue weighted by molar-refractivity contribution is 7.91. The molecule has 1 aromatic heterocycles. The SMILES string of the molecule is CCCNC(c1ccc(C(=O)OC)o1)C1CCS(=O)(=O)C1. The summed E-state index contributed by atoms with van der Waals surface area (Å²) in [6.07, 6.45) is 1.54. The molecule has 0 aliphatic carbocycles. The van der Waals surface area contributed by atoms with Gasteiger partial charge >= 0.3 is 5.97 Å². The molecule has 1 saturated heterocycles. The van der Waals surface area contributed by atoms with E-state index in [2.05, 4.69) is 10.1 Å². The van der Waals surface area contributed by atoms with Crippen molar-refractivity contribution in [3.8, 4) is 0 Å². The van der Waals surface area contributed by atoms with Crippen LogP contribution in [0.4, 0.5) is 0 Å². The van der Waals surface area contributed by atoms with E-state index >= 15 is 0 Å². The van der Waals surface area contributed by atoms with Gasteiger partial charge in [0, 0.05) is 0 Å². The molecule has 6 nitrogen and oxygen atoms in total. The average molecular weight is 315 g/mol. The van der Waals surface area contributed by atoms with Crippen LogP contribution in [0.1, 0.15) is 42.1 Å². The zero-order chi connectivity index (χ0) is 15.5. The third-order valence-corrected chi connectivity index (χ3v) is 5.47. The smallest absolute Gasteiger partial charge is 0.373 e. The number of esters is 1. The maximum absolute atomic E-state index is 11.7. The van der Waals surface area contributed by atoms with E-state index in [9.17, 15) is 13.2 Å². The van der Waals surface area contributed by atoms with Gasteiger partial charge in [-0.2, -0.15) is 0 Å². The Bertz CT molecular complexity index is 592. The van der Waals surface area contributed by atoms with Crippen LogP contribution in [0.3, 0.4) is 0 Å². The van der Waals surface area contributed by atoms with Gasteiger partial charge in [0.05, 0.1) is 24.7 Å². The van der Waals surface area contributed by atoms with Crippen LogP contribution in [-0.4, -0.2) is 39.5 Å². The number of carbonyl (C=O) groups excluding carboxylic acids is 1. The molecular formula is C14H21NO5S. The first-order valence-electron chi connectivity index (χ1n) is 7.08. The molecule has 1 aliphatic rings. The lowest BCUT2D eigenvalue weighted by molar-refractivity contribution is 0.0561. The Kier molecular flexibility index (Phi) is 5.05. The van der Waals surface area contributed by atoms with Crippen molar-refractivity contribution < 1.29 is 22.4 Å². The van der Waals surface area contributed by atoms with E-state index in [1.165, 1.54) is 7.11 Å². The van der Waals surface area contributed by atoms with Crippen molar-refractivity contribution >= 4 is 15.8 Å². The van der Waals surface area contributed by atoms with Crippen molar-refractivity contribution in [1.29, 1.82) is 0 Å². The molecule has 2 rings (SSSR count). The number of hydrogen-bond donors (Lipinski definition) is 1. The maximum Gasteiger partial charge on any atom is 0.373 e. The van der Waals surface area contributed by atoms with E-state index in [0.29, 0.717) is 12.2 Å². The Labute approximate surface area is 124 Å². The second-order valence-corrected chi connectivity index (χ2v) is 7.52. The van der Waals surface area contributed by atoms with Gasteiger partial charge in [0.15, 0.2) is 9.84 Å². The summed E-state index contributed by atoms with van der Waals surface area (Å²) < 4.78 is 33.5. The highest BCUT2D eigenvalue weighted by atomic mass is 32.2. The van der Waals surface area contributed by atoms with Gasteiger partial charge in [-0.15, -0.1) is 0 Å². The molecular weight excluding hydrogens is 294 g/mol. The third kappa shape index (κ3) is 3.85. The predicted octanol–water partition coefficient (Wildman–Crippen LogP) is 1.54. The molecule has 1 fully saturated rings. The lowest BCUT2D eigenvalue weighted by Gasteiger charge is -2.21. The van der Waals surface area contributed by atoms with E-state index in [1.807, 2.05) is 6.92 Å². The molecule has 0 aromatic carbocycles. The van der Waals surface area contributed by atoms with E-state index < -0.39 is 15.8 Å². The average Bonchev–Trinajstić information content (AvgIpc) is 3.06. The van der Waals surface area contributed by atoms with Crippen molar-refractivity contribution in [2.45, 2.75) is 25.8 Å². The number of hydrogen-bond acceptors (Lipinski definition) is 6. The fourth-order valence-electron chi connectivity index (χ4n) is 2.62. The van der Waals surface area contributed by atoms with Gasteiger partial charge in [0.1, 0.15) is 5.76 Å². The van der Waals surface area contributed by atoms with Gasteiger partial charge in [-0.3, -0.25) is 0 Å². The van der Waals surface area contributed by atoms with Gasteiger partial charge in [-0.25, -0.2) is 13.2 Å². The number of rotatable bonds is 6. The van der Waals surface area contributed by atoms with Crippen LogP contribution in [-0.2, 0) is 14.6 Å². The van der Waals surface area contributed by atoms with E-state index in [-0.39, 0.29) is 29.2 Å². The Balaban J connectivity index is 2.19. The Morgan fingerprint density at radius 1 is 1.52 bits per heavy atom. The van der Waals surface area contributed by atoms with Gasteiger partial charge in [-0.05, 0) is 37.4 Å². The van der Waals surface area contributed by atoms with E-state index in [0.717, 1.165) is 13.0 Å². The summed E-state index contributed by atoms with van der Waals surface area (Å²) in [6.45, 7) is 2.80. The van der Waals surface area contributed by atoms with E-state index in [4.69, 9.17) is 4.42 Å². The first-order valence-corrected chi connectivity index (χ1v) is 8.91. The molecule has 7 heteroatoms.